The molecule has 0 radical (unpaired) electrons. The highest BCUT2D eigenvalue weighted by Gasteiger charge is 2.20. The molecule has 0 saturated carbocycles. The highest BCUT2D eigenvalue weighted by Crippen LogP contribution is 2.17. The summed E-state index contributed by atoms with van der Waals surface area (Å²) in [5, 5.41) is 23.2. The van der Waals surface area contributed by atoms with Crippen LogP contribution in [0.3, 0.4) is 0 Å². The first-order chi connectivity index (χ1) is 29.2. The Morgan fingerprint density at radius 1 is 0.424 bits per heavy atom. The van der Waals surface area contributed by atoms with E-state index < -0.39 is 12.1 Å². The first-order valence-corrected chi connectivity index (χ1v) is 26.3. The molecule has 0 heterocycles. The molecule has 4 nitrogen and oxygen atoms in total. The van der Waals surface area contributed by atoms with Crippen LogP contribution in [0.25, 0.3) is 0 Å². The van der Waals surface area contributed by atoms with Crippen molar-refractivity contribution < 1.29 is 15.0 Å². The van der Waals surface area contributed by atoms with Gasteiger partial charge >= 0.3 is 0 Å². The van der Waals surface area contributed by atoms with Gasteiger partial charge in [-0.05, 0) is 51.4 Å². The highest BCUT2D eigenvalue weighted by molar-refractivity contribution is 5.76. The van der Waals surface area contributed by atoms with E-state index in [2.05, 4.69) is 67.8 Å². The van der Waals surface area contributed by atoms with E-state index in [0.717, 1.165) is 51.4 Å². The zero-order valence-electron chi connectivity index (χ0n) is 39.8. The molecular formula is C55H103NO3. The van der Waals surface area contributed by atoms with Gasteiger partial charge in [-0.15, -0.1) is 0 Å². The lowest BCUT2D eigenvalue weighted by Crippen LogP contribution is -2.45. The van der Waals surface area contributed by atoms with Crippen LogP contribution in [-0.2, 0) is 4.79 Å². The van der Waals surface area contributed by atoms with Crippen LogP contribution in [0.1, 0.15) is 277 Å². The number of carbonyl (C=O) groups is 1. The third-order valence-electron chi connectivity index (χ3n) is 12.1. The molecule has 0 aliphatic rings. The van der Waals surface area contributed by atoms with Crippen molar-refractivity contribution >= 4 is 5.91 Å². The van der Waals surface area contributed by atoms with Crippen LogP contribution >= 0.6 is 0 Å². The largest absolute Gasteiger partial charge is 0.394 e. The van der Waals surface area contributed by atoms with Gasteiger partial charge in [0.1, 0.15) is 0 Å². The maximum atomic E-state index is 12.5. The lowest BCUT2D eigenvalue weighted by molar-refractivity contribution is -0.123. The molecule has 2 atom stereocenters. The van der Waals surface area contributed by atoms with Gasteiger partial charge in [0.05, 0.1) is 18.8 Å². The third-order valence-corrected chi connectivity index (χ3v) is 12.1. The average Bonchev–Trinajstić information content (AvgIpc) is 3.24. The average molecular weight is 826 g/mol. The first kappa shape index (κ1) is 57.3. The number of aliphatic hydroxyl groups is 2. The van der Waals surface area contributed by atoms with Gasteiger partial charge in [0, 0.05) is 6.42 Å². The maximum absolute atomic E-state index is 12.5. The number of aliphatic hydroxyl groups excluding tert-OH is 2. The molecule has 0 saturated heterocycles. The Hall–Kier alpha value is -1.65. The number of nitrogens with one attached hydrogen (secondary N) is 1. The van der Waals surface area contributed by atoms with E-state index >= 15 is 0 Å². The molecule has 0 aliphatic heterocycles. The fraction of sp³-hybridized carbons (Fsp3) is 0.836. The summed E-state index contributed by atoms with van der Waals surface area (Å²) < 4.78 is 0. The van der Waals surface area contributed by atoms with Gasteiger partial charge in [0.15, 0.2) is 0 Å². The maximum Gasteiger partial charge on any atom is 0.220 e. The van der Waals surface area contributed by atoms with E-state index in [-0.39, 0.29) is 12.5 Å². The summed E-state index contributed by atoms with van der Waals surface area (Å²) in [6.45, 7) is 4.26. The molecule has 0 fully saturated rings. The molecule has 2 unspecified atom stereocenters. The van der Waals surface area contributed by atoms with Crippen molar-refractivity contribution in [1.29, 1.82) is 0 Å². The van der Waals surface area contributed by atoms with E-state index in [1.165, 1.54) is 199 Å². The minimum absolute atomic E-state index is 0.0283. The standard InChI is InChI=1S/C55H103NO3/c1-3-5-7-9-11-13-15-17-19-20-21-22-23-24-25-26-27-28-29-30-31-32-33-34-35-36-37-39-41-43-45-47-49-51-55(59)56-53(52-57)54(58)50-48-46-44-42-40-38-18-16-14-12-10-8-6-4-2/h5,7,11,13,17,19,21-22,53-54,57-58H,3-4,6,8-10,12,14-16,18,20,23-52H2,1-2H3,(H,56,59)/b7-5-,13-11-,19-17-,22-21-. The number of hydrogen-bond donors (Lipinski definition) is 3. The number of allylic oxidation sites excluding steroid dienone is 8. The zero-order valence-corrected chi connectivity index (χ0v) is 39.8. The third kappa shape index (κ3) is 47.3. The molecule has 3 N–H and O–H groups in total. The molecule has 346 valence electrons. The van der Waals surface area contributed by atoms with Gasteiger partial charge in [0.2, 0.25) is 5.91 Å². The highest BCUT2D eigenvalue weighted by atomic mass is 16.3. The molecule has 1 amide bonds. The van der Waals surface area contributed by atoms with Crippen LogP contribution < -0.4 is 5.32 Å². The van der Waals surface area contributed by atoms with Gasteiger partial charge in [-0.25, -0.2) is 0 Å². The summed E-state index contributed by atoms with van der Waals surface area (Å²) in [7, 11) is 0. The number of unbranched alkanes of at least 4 members (excludes halogenated alkanes) is 33. The molecule has 0 bridgehead atoms. The van der Waals surface area contributed by atoms with Gasteiger partial charge in [-0.1, -0.05) is 268 Å². The van der Waals surface area contributed by atoms with Crippen molar-refractivity contribution in [3.05, 3.63) is 48.6 Å². The Balaban J connectivity index is 3.41. The second-order valence-corrected chi connectivity index (χ2v) is 17.9. The van der Waals surface area contributed by atoms with Crippen molar-refractivity contribution in [2.75, 3.05) is 6.61 Å². The molecule has 0 rings (SSSR count). The lowest BCUT2D eigenvalue weighted by Gasteiger charge is -2.22. The number of carbonyl (C=O) groups excluding carboxylic acids is 1. The zero-order chi connectivity index (χ0) is 42.8. The van der Waals surface area contributed by atoms with E-state index in [0.29, 0.717) is 12.8 Å². The van der Waals surface area contributed by atoms with E-state index in [9.17, 15) is 15.0 Å². The molecule has 0 aliphatic carbocycles. The van der Waals surface area contributed by atoms with Crippen LogP contribution in [-0.4, -0.2) is 34.9 Å². The topological polar surface area (TPSA) is 69.6 Å². The van der Waals surface area contributed by atoms with Crippen molar-refractivity contribution in [2.45, 2.75) is 289 Å². The fourth-order valence-electron chi connectivity index (χ4n) is 8.12. The second-order valence-electron chi connectivity index (χ2n) is 17.9. The van der Waals surface area contributed by atoms with Crippen LogP contribution in [0.5, 0.6) is 0 Å². The van der Waals surface area contributed by atoms with E-state index in [1.807, 2.05) is 0 Å². The molecule has 0 aromatic rings. The summed E-state index contributed by atoms with van der Waals surface area (Å²) in [5.41, 5.74) is 0. The minimum atomic E-state index is -0.657. The summed E-state index contributed by atoms with van der Waals surface area (Å²) >= 11 is 0. The molecule has 0 aromatic heterocycles. The number of amides is 1. The smallest absolute Gasteiger partial charge is 0.220 e. The molecule has 0 spiro atoms. The van der Waals surface area contributed by atoms with Crippen molar-refractivity contribution in [2.24, 2.45) is 0 Å². The predicted molar refractivity (Wildman–Crippen MR) is 262 cm³/mol. The summed E-state index contributed by atoms with van der Waals surface area (Å²) in [6, 6.07) is -0.534. The van der Waals surface area contributed by atoms with Crippen LogP contribution in [0.2, 0.25) is 0 Å². The Labute approximate surface area is 369 Å². The monoisotopic (exact) mass is 826 g/mol. The van der Waals surface area contributed by atoms with Crippen molar-refractivity contribution in [3.63, 3.8) is 0 Å². The Morgan fingerprint density at radius 3 is 1.12 bits per heavy atom. The predicted octanol–water partition coefficient (Wildman–Crippen LogP) is 17.1. The van der Waals surface area contributed by atoms with Crippen molar-refractivity contribution in [1.82, 2.24) is 5.32 Å². The summed E-state index contributed by atoms with van der Waals surface area (Å²) in [6.07, 6.45) is 69.4. The molecule has 4 heteroatoms. The number of hydrogen-bond acceptors (Lipinski definition) is 3. The van der Waals surface area contributed by atoms with Gasteiger partial charge in [0.25, 0.3) is 0 Å². The second kappa shape index (κ2) is 50.7. The molecular weight excluding hydrogens is 723 g/mol. The minimum Gasteiger partial charge on any atom is -0.394 e. The normalized spacial score (nSPS) is 13.2. The van der Waals surface area contributed by atoms with E-state index in [4.69, 9.17) is 0 Å². The van der Waals surface area contributed by atoms with Gasteiger partial charge in [-0.2, -0.15) is 0 Å². The molecule has 0 aromatic carbocycles. The van der Waals surface area contributed by atoms with Crippen LogP contribution in [0, 0.1) is 0 Å². The first-order valence-electron chi connectivity index (χ1n) is 26.3. The number of rotatable bonds is 48. The Bertz CT molecular complexity index is 939. The summed E-state index contributed by atoms with van der Waals surface area (Å²) in [5.74, 6) is -0.0283. The Kier molecular flexibility index (Phi) is 49.3. The van der Waals surface area contributed by atoms with Gasteiger partial charge in [-0.3, -0.25) is 4.79 Å². The fourth-order valence-corrected chi connectivity index (χ4v) is 8.12. The van der Waals surface area contributed by atoms with Crippen LogP contribution in [0.15, 0.2) is 48.6 Å². The molecule has 59 heavy (non-hydrogen) atoms. The lowest BCUT2D eigenvalue weighted by atomic mass is 10.0. The SMILES string of the molecule is CC/C=C\C/C=C\C/C=C\C/C=C\CCCCCCCCCCCCCCCCCCCCCCC(=O)NC(CO)C(O)CCCCCCCCCCCCCCCC. The Morgan fingerprint density at radius 2 is 0.746 bits per heavy atom. The van der Waals surface area contributed by atoms with Gasteiger partial charge < -0.3 is 15.5 Å². The van der Waals surface area contributed by atoms with E-state index in [1.54, 1.807) is 0 Å². The van der Waals surface area contributed by atoms with Crippen LogP contribution in [0.4, 0.5) is 0 Å². The quantitative estimate of drug-likeness (QED) is 0.0423. The van der Waals surface area contributed by atoms with Crippen molar-refractivity contribution in [3.8, 4) is 0 Å². The summed E-state index contributed by atoms with van der Waals surface area (Å²) in [4.78, 5) is 12.5.